The summed E-state index contributed by atoms with van der Waals surface area (Å²) >= 11 is 0. The molecule has 0 unspecified atom stereocenters. The molecule has 1 amide bonds. The van der Waals surface area contributed by atoms with Gasteiger partial charge in [0.2, 0.25) is 0 Å². The van der Waals surface area contributed by atoms with Gasteiger partial charge in [-0.3, -0.25) is 4.79 Å². The van der Waals surface area contributed by atoms with Crippen molar-refractivity contribution in [2.75, 3.05) is 11.9 Å². The molecule has 3 heterocycles. The molecule has 168 valence electrons. The van der Waals surface area contributed by atoms with Gasteiger partial charge in [0.05, 0.1) is 5.56 Å². The molecular formula is C20H22FN7O3S. The molecule has 1 aromatic carbocycles. The molecule has 0 radical (unpaired) electrons. The number of nitrogens with one attached hydrogen (secondary N) is 1. The molecule has 0 saturated carbocycles. The van der Waals surface area contributed by atoms with Gasteiger partial charge in [0.1, 0.15) is 23.7 Å². The first-order chi connectivity index (χ1) is 15.1. The minimum absolute atomic E-state index is 0.0205. The summed E-state index contributed by atoms with van der Waals surface area (Å²) in [5.41, 5.74) is 1.47. The molecule has 0 bridgehead atoms. The summed E-state index contributed by atoms with van der Waals surface area (Å²) < 4.78 is 40.9. The maximum absolute atomic E-state index is 14.6. The van der Waals surface area contributed by atoms with E-state index in [1.165, 1.54) is 12.1 Å². The van der Waals surface area contributed by atoms with Gasteiger partial charge in [-0.15, -0.1) is 10.2 Å². The second kappa shape index (κ2) is 8.37. The Morgan fingerprint density at radius 3 is 2.75 bits per heavy atom. The van der Waals surface area contributed by atoms with Crippen molar-refractivity contribution in [2.45, 2.75) is 32.9 Å². The van der Waals surface area contributed by atoms with Crippen LogP contribution in [0.15, 0.2) is 36.7 Å². The lowest BCUT2D eigenvalue weighted by Gasteiger charge is -2.26. The molecule has 1 aliphatic heterocycles. The summed E-state index contributed by atoms with van der Waals surface area (Å²) in [5.74, 6) is -0.637. The van der Waals surface area contributed by atoms with Gasteiger partial charge in [-0.1, -0.05) is 6.07 Å². The average molecular weight is 460 g/mol. The monoisotopic (exact) mass is 459 g/mol. The Balaban J connectivity index is 1.59. The summed E-state index contributed by atoms with van der Waals surface area (Å²) in [7, 11) is -3.88. The van der Waals surface area contributed by atoms with Crippen molar-refractivity contribution < 1.29 is 17.6 Å². The largest absolute Gasteiger partial charge is 0.310 e. The molecule has 3 aromatic rings. The van der Waals surface area contributed by atoms with Crippen LogP contribution >= 0.6 is 0 Å². The zero-order valence-corrected chi connectivity index (χ0v) is 18.3. The average Bonchev–Trinajstić information content (AvgIpc) is 3.23. The SMILES string of the molecule is CC(C)n1cnnc1-c1cccc(NC(=O)c2cc3c(cc2F)CCN(S(N)(=O)=O)C3)n1. The lowest BCUT2D eigenvalue weighted by Crippen LogP contribution is -2.40. The fourth-order valence-electron chi connectivity index (χ4n) is 3.56. The quantitative estimate of drug-likeness (QED) is 0.598. The third-order valence-corrected chi connectivity index (χ3v) is 6.25. The molecule has 0 aliphatic carbocycles. The van der Waals surface area contributed by atoms with E-state index < -0.39 is 21.9 Å². The highest BCUT2D eigenvalue weighted by Crippen LogP contribution is 2.25. The first-order valence-electron chi connectivity index (χ1n) is 9.91. The van der Waals surface area contributed by atoms with Crippen LogP contribution in [0, 0.1) is 5.82 Å². The molecule has 0 atom stereocenters. The maximum Gasteiger partial charge on any atom is 0.277 e. The van der Waals surface area contributed by atoms with Gasteiger partial charge >= 0.3 is 0 Å². The predicted octanol–water partition coefficient (Wildman–Crippen LogP) is 1.87. The third kappa shape index (κ3) is 4.38. The number of fused-ring (bicyclic) bond motifs is 1. The van der Waals surface area contributed by atoms with Crippen molar-refractivity contribution in [2.24, 2.45) is 5.14 Å². The number of aromatic nitrogens is 4. The number of carbonyl (C=O) groups excluding carboxylic acids is 1. The van der Waals surface area contributed by atoms with Crippen molar-refractivity contribution in [3.63, 3.8) is 0 Å². The van der Waals surface area contributed by atoms with Crippen LogP contribution in [-0.4, -0.2) is 44.9 Å². The van der Waals surface area contributed by atoms with Gasteiger partial charge in [0.15, 0.2) is 5.82 Å². The number of hydrogen-bond acceptors (Lipinski definition) is 6. The standard InChI is InChI=1S/C20H22FN7O3S/c1-12(2)28-11-23-26-19(28)17-4-3-5-18(24-17)25-20(29)15-8-14-10-27(32(22,30)31)7-6-13(14)9-16(15)21/h3-5,8-9,11-12H,6-7,10H2,1-2H3,(H2,22,30,31)(H,24,25,29). The van der Waals surface area contributed by atoms with Crippen LogP contribution in [0.25, 0.3) is 11.5 Å². The molecule has 0 fully saturated rings. The summed E-state index contributed by atoms with van der Waals surface area (Å²) in [4.78, 5) is 17.2. The molecule has 4 rings (SSSR count). The van der Waals surface area contributed by atoms with Gasteiger partial charge in [-0.25, -0.2) is 14.5 Å². The summed E-state index contributed by atoms with van der Waals surface area (Å²) in [6.45, 7) is 4.10. The predicted molar refractivity (Wildman–Crippen MR) is 115 cm³/mol. The Hall–Kier alpha value is -3.22. The summed E-state index contributed by atoms with van der Waals surface area (Å²) in [6.07, 6.45) is 1.91. The highest BCUT2D eigenvalue weighted by Gasteiger charge is 2.26. The van der Waals surface area contributed by atoms with Crippen molar-refractivity contribution in [3.8, 4) is 11.5 Å². The van der Waals surface area contributed by atoms with E-state index in [0.717, 1.165) is 4.31 Å². The lowest BCUT2D eigenvalue weighted by atomic mass is 9.97. The van der Waals surface area contributed by atoms with E-state index in [-0.39, 0.29) is 30.5 Å². The maximum atomic E-state index is 14.6. The normalized spacial score (nSPS) is 14.4. The van der Waals surface area contributed by atoms with Crippen molar-refractivity contribution in [1.82, 2.24) is 24.1 Å². The van der Waals surface area contributed by atoms with Crippen LogP contribution in [0.3, 0.4) is 0 Å². The number of pyridine rings is 1. The highest BCUT2D eigenvalue weighted by molar-refractivity contribution is 7.86. The van der Waals surface area contributed by atoms with E-state index in [1.807, 2.05) is 18.4 Å². The van der Waals surface area contributed by atoms with Crippen LogP contribution in [-0.2, 0) is 23.2 Å². The molecule has 1 aliphatic rings. The Bertz CT molecular complexity index is 1290. The van der Waals surface area contributed by atoms with Crippen LogP contribution in [0.5, 0.6) is 0 Å². The first kappa shape index (κ1) is 22.0. The molecule has 2 aromatic heterocycles. The van der Waals surface area contributed by atoms with Crippen molar-refractivity contribution in [3.05, 3.63) is 59.2 Å². The fraction of sp³-hybridized carbons (Fsp3) is 0.300. The zero-order chi connectivity index (χ0) is 23.0. The van der Waals surface area contributed by atoms with Gasteiger partial charge in [0, 0.05) is 19.1 Å². The van der Waals surface area contributed by atoms with E-state index in [4.69, 9.17) is 5.14 Å². The van der Waals surface area contributed by atoms with Gasteiger partial charge in [-0.05, 0) is 55.7 Å². The molecule has 0 spiro atoms. The topological polar surface area (TPSA) is 136 Å². The first-order valence-corrected chi connectivity index (χ1v) is 11.4. The Morgan fingerprint density at radius 2 is 2.03 bits per heavy atom. The number of carbonyl (C=O) groups is 1. The third-order valence-electron chi connectivity index (χ3n) is 5.22. The Labute approximate surface area is 184 Å². The minimum atomic E-state index is -3.88. The van der Waals surface area contributed by atoms with E-state index >= 15 is 0 Å². The number of rotatable bonds is 5. The number of hydrogen-bond donors (Lipinski definition) is 2. The van der Waals surface area contributed by atoms with E-state index in [1.54, 1.807) is 24.5 Å². The highest BCUT2D eigenvalue weighted by atomic mass is 32.2. The molecule has 10 nitrogen and oxygen atoms in total. The van der Waals surface area contributed by atoms with Crippen LogP contribution in [0.4, 0.5) is 10.2 Å². The summed E-state index contributed by atoms with van der Waals surface area (Å²) in [5, 5.41) is 15.8. The number of nitrogens with two attached hydrogens (primary N) is 1. The second-order valence-electron chi connectivity index (χ2n) is 7.75. The van der Waals surface area contributed by atoms with Crippen LogP contribution < -0.4 is 10.5 Å². The smallest absolute Gasteiger partial charge is 0.277 e. The van der Waals surface area contributed by atoms with E-state index in [0.29, 0.717) is 29.1 Å². The van der Waals surface area contributed by atoms with Crippen molar-refractivity contribution >= 4 is 21.9 Å². The van der Waals surface area contributed by atoms with Crippen LogP contribution in [0.1, 0.15) is 41.4 Å². The number of nitrogens with zero attached hydrogens (tertiary/aromatic N) is 5. The number of amides is 1. The van der Waals surface area contributed by atoms with Crippen molar-refractivity contribution in [1.29, 1.82) is 0 Å². The Morgan fingerprint density at radius 1 is 1.25 bits per heavy atom. The van der Waals surface area contributed by atoms with Gasteiger partial charge in [-0.2, -0.15) is 12.7 Å². The molecule has 12 heteroatoms. The minimum Gasteiger partial charge on any atom is -0.310 e. The number of halogens is 1. The summed E-state index contributed by atoms with van der Waals surface area (Å²) in [6, 6.07) is 7.75. The fourth-order valence-corrected chi connectivity index (χ4v) is 4.23. The van der Waals surface area contributed by atoms with Crippen LogP contribution in [0.2, 0.25) is 0 Å². The molecular weight excluding hydrogens is 437 g/mol. The Kier molecular flexibility index (Phi) is 5.75. The van der Waals surface area contributed by atoms with E-state index in [2.05, 4.69) is 20.5 Å². The number of benzene rings is 1. The molecule has 3 N–H and O–H groups in total. The number of anilines is 1. The molecule has 0 saturated heterocycles. The van der Waals surface area contributed by atoms with E-state index in [9.17, 15) is 17.6 Å². The lowest BCUT2D eigenvalue weighted by molar-refractivity contribution is 0.102. The molecule has 32 heavy (non-hydrogen) atoms. The zero-order valence-electron chi connectivity index (χ0n) is 17.5. The second-order valence-corrected chi connectivity index (χ2v) is 9.29. The van der Waals surface area contributed by atoms with Gasteiger partial charge in [0.25, 0.3) is 16.1 Å². The van der Waals surface area contributed by atoms with Gasteiger partial charge < -0.3 is 9.88 Å².